The molecule has 0 aromatic heterocycles. The molecule has 0 fully saturated rings. The predicted molar refractivity (Wildman–Crippen MR) is 112 cm³/mol. The van der Waals surface area contributed by atoms with Gasteiger partial charge in [0.15, 0.2) is 0 Å². The van der Waals surface area contributed by atoms with E-state index in [-0.39, 0.29) is 26.1 Å². The number of anilines is 1. The minimum absolute atomic E-state index is 0. The fourth-order valence-corrected chi connectivity index (χ4v) is 2.40. The first-order valence-corrected chi connectivity index (χ1v) is 7.68. The highest BCUT2D eigenvalue weighted by Crippen LogP contribution is 2.24. The Morgan fingerprint density at radius 3 is 1.54 bits per heavy atom. The van der Waals surface area contributed by atoms with Crippen LogP contribution in [-0.2, 0) is 0 Å². The van der Waals surface area contributed by atoms with E-state index in [1.807, 2.05) is 13.0 Å². The van der Waals surface area contributed by atoms with Crippen molar-refractivity contribution in [2.24, 2.45) is 0 Å². The van der Waals surface area contributed by atoms with Crippen molar-refractivity contribution in [1.82, 2.24) is 0 Å². The van der Waals surface area contributed by atoms with E-state index in [2.05, 4.69) is 0 Å². The van der Waals surface area contributed by atoms with Gasteiger partial charge in [0.1, 0.15) is 11.5 Å². The minimum Gasteiger partial charge on any atom is -0.496 e. The van der Waals surface area contributed by atoms with Crippen LogP contribution >= 0.6 is 0 Å². The van der Waals surface area contributed by atoms with Crippen molar-refractivity contribution in [3.8, 4) is 11.5 Å². The van der Waals surface area contributed by atoms with Crippen LogP contribution < -0.4 is 15.2 Å². The molecule has 2 aromatic carbocycles. The van der Waals surface area contributed by atoms with E-state index in [1.54, 1.807) is 26.0 Å². The van der Waals surface area contributed by atoms with Gasteiger partial charge in [-0.1, -0.05) is 20.9 Å². The molecule has 0 atom stereocenters. The quantitative estimate of drug-likeness (QED) is 0.651. The van der Waals surface area contributed by atoms with E-state index in [0.29, 0.717) is 17.1 Å². The number of hydrogen-bond donors (Lipinski definition) is 3. The lowest BCUT2D eigenvalue weighted by atomic mass is 10.1. The maximum atomic E-state index is 10.7. The number of nitrogens with two attached hydrogens (primary N) is 1. The number of carboxylic acid groups (broad SMARTS) is 2. The Morgan fingerprint density at radius 1 is 0.750 bits per heavy atom. The minimum atomic E-state index is -1.05. The number of methoxy groups -OCH3 is 2. The maximum absolute atomic E-state index is 10.7. The first-order chi connectivity index (χ1) is 12.1. The highest BCUT2D eigenvalue weighted by molar-refractivity contribution is 5.94. The fraction of sp³-hybridized carbons (Fsp3) is 0.333. The third-order valence-corrected chi connectivity index (χ3v) is 3.77. The van der Waals surface area contributed by atoms with E-state index < -0.39 is 11.9 Å². The highest BCUT2D eigenvalue weighted by atomic mass is 16.5. The summed E-state index contributed by atoms with van der Waals surface area (Å²) < 4.78 is 10.00. The second-order valence-corrected chi connectivity index (χ2v) is 5.66. The zero-order chi connectivity index (χ0) is 20.0. The molecule has 7 nitrogen and oxygen atoms in total. The van der Waals surface area contributed by atoms with Gasteiger partial charge >= 0.3 is 11.9 Å². The Labute approximate surface area is 166 Å². The van der Waals surface area contributed by atoms with E-state index in [4.69, 9.17) is 25.4 Å². The second kappa shape index (κ2) is 11.5. The van der Waals surface area contributed by atoms with E-state index in [0.717, 1.165) is 16.7 Å². The average molecular weight is 393 g/mol. The van der Waals surface area contributed by atoms with Crippen LogP contribution in [-0.4, -0.2) is 36.4 Å². The zero-order valence-electron chi connectivity index (χ0n) is 15.4. The van der Waals surface area contributed by atoms with Crippen LogP contribution in [0.3, 0.4) is 0 Å². The molecule has 4 N–H and O–H groups in total. The monoisotopic (exact) mass is 393 g/mol. The number of carbonyl (C=O) groups is 2. The third kappa shape index (κ3) is 6.50. The summed E-state index contributed by atoms with van der Waals surface area (Å²) >= 11 is 0. The molecule has 0 aliphatic carbocycles. The molecule has 156 valence electrons. The van der Waals surface area contributed by atoms with Crippen LogP contribution in [0.4, 0.5) is 5.69 Å². The van der Waals surface area contributed by atoms with Crippen molar-refractivity contribution in [3.63, 3.8) is 0 Å². The number of aryl methyl sites for hydroxylation is 3. The molecule has 0 aliphatic heterocycles. The molecule has 0 spiro atoms. The molecule has 2 aromatic rings. The van der Waals surface area contributed by atoms with Crippen molar-refractivity contribution in [1.29, 1.82) is 0 Å². The Kier molecular flexibility index (Phi) is 11.1. The second-order valence-electron chi connectivity index (χ2n) is 5.66. The molecule has 0 heterocycles. The summed E-state index contributed by atoms with van der Waals surface area (Å²) in [6.45, 7) is 5.47. The topological polar surface area (TPSA) is 119 Å². The molecule has 2 rings (SSSR count). The third-order valence-electron chi connectivity index (χ3n) is 3.77. The van der Waals surface area contributed by atoms with Crippen molar-refractivity contribution in [2.75, 3.05) is 20.0 Å². The summed E-state index contributed by atoms with van der Waals surface area (Å²) in [5.74, 6) is -0.818. The van der Waals surface area contributed by atoms with Crippen molar-refractivity contribution in [3.05, 3.63) is 52.1 Å². The van der Waals surface area contributed by atoms with Crippen LogP contribution in [0.1, 0.15) is 52.3 Å². The van der Waals surface area contributed by atoms with Crippen LogP contribution in [0.25, 0.3) is 0 Å². The lowest BCUT2D eigenvalue weighted by Gasteiger charge is -2.07. The Hall–Kier alpha value is -3.22. The summed E-state index contributed by atoms with van der Waals surface area (Å²) in [6, 6.07) is 6.37. The van der Waals surface area contributed by atoms with Gasteiger partial charge in [-0.2, -0.15) is 0 Å². The van der Waals surface area contributed by atoms with Gasteiger partial charge in [-0.3, -0.25) is 0 Å². The molecule has 0 amide bonds. The molecule has 7 heteroatoms. The van der Waals surface area contributed by atoms with E-state index in [9.17, 15) is 9.59 Å². The van der Waals surface area contributed by atoms with Gasteiger partial charge in [-0.05, 0) is 55.7 Å². The Balaban J connectivity index is 0. The summed E-state index contributed by atoms with van der Waals surface area (Å²) in [6.07, 6.45) is 0. The Morgan fingerprint density at radius 2 is 1.14 bits per heavy atom. The van der Waals surface area contributed by atoms with Crippen molar-refractivity contribution < 1.29 is 29.3 Å². The van der Waals surface area contributed by atoms with Gasteiger partial charge in [0, 0.05) is 5.69 Å². The van der Waals surface area contributed by atoms with Crippen LogP contribution in [0.5, 0.6) is 11.5 Å². The first-order valence-electron chi connectivity index (χ1n) is 7.68. The number of aromatic carboxylic acids is 2. The smallest absolute Gasteiger partial charge is 0.337 e. The molecule has 0 aliphatic rings. The first kappa shape index (κ1) is 27.0. The molecule has 0 radical (unpaired) electrons. The highest BCUT2D eigenvalue weighted by Gasteiger charge is 2.11. The summed E-state index contributed by atoms with van der Waals surface area (Å²) in [5, 5.41) is 17.6. The van der Waals surface area contributed by atoms with Crippen LogP contribution in [0.2, 0.25) is 0 Å². The number of nitrogen functional groups attached to an aromatic ring is 1. The Bertz CT molecular complexity index is 761. The van der Waals surface area contributed by atoms with Crippen molar-refractivity contribution in [2.45, 2.75) is 35.6 Å². The number of benzene rings is 2. The number of rotatable bonds is 4. The summed E-state index contributed by atoms with van der Waals surface area (Å²) in [7, 11) is 3.02. The number of ether oxygens (including phenoxy) is 2. The molecule has 0 bridgehead atoms. The molecule has 0 unspecified atom stereocenters. The maximum Gasteiger partial charge on any atom is 0.337 e. The van der Waals surface area contributed by atoms with E-state index >= 15 is 0 Å². The molecule has 0 saturated heterocycles. The lowest BCUT2D eigenvalue weighted by molar-refractivity contribution is 0.0685. The van der Waals surface area contributed by atoms with Gasteiger partial charge in [-0.15, -0.1) is 0 Å². The molecular formula is C21H31NO6. The predicted octanol–water partition coefficient (Wildman–Crippen LogP) is 4.57. The van der Waals surface area contributed by atoms with Crippen LogP contribution in [0, 0.1) is 20.8 Å². The lowest BCUT2D eigenvalue weighted by Crippen LogP contribution is -2.03. The number of hydrogen-bond acceptors (Lipinski definition) is 5. The standard InChI is InChI=1S/C10H12O3.C9H11NO3.2CH4/c1-6-4-7(2)9(13-3)5-8(6)10(11)12;1-5-3-7(10)6(9(11)12)4-8(5)13-2;;/h4-5H,1-3H3,(H,11,12);3-4H,10H2,1-2H3,(H,11,12);2*1H4. The van der Waals surface area contributed by atoms with Crippen molar-refractivity contribution >= 4 is 17.6 Å². The van der Waals surface area contributed by atoms with Crippen LogP contribution in [0.15, 0.2) is 24.3 Å². The van der Waals surface area contributed by atoms with Gasteiger partial charge in [0.2, 0.25) is 0 Å². The normalized spacial score (nSPS) is 9.04. The van der Waals surface area contributed by atoms with Gasteiger partial charge in [0.25, 0.3) is 0 Å². The zero-order valence-corrected chi connectivity index (χ0v) is 15.4. The average Bonchev–Trinajstić information content (AvgIpc) is 2.55. The number of carboxylic acids is 2. The molecule has 0 saturated carbocycles. The SMILES string of the molecule is C.C.COc1cc(C(=O)O)c(C)cc1C.COc1cc(C(=O)O)c(N)cc1C. The molecular weight excluding hydrogens is 362 g/mol. The summed E-state index contributed by atoms with van der Waals surface area (Å²) in [5.41, 5.74) is 8.66. The molecule has 28 heavy (non-hydrogen) atoms. The van der Waals surface area contributed by atoms with E-state index in [1.165, 1.54) is 20.3 Å². The fourth-order valence-electron chi connectivity index (χ4n) is 2.40. The van der Waals surface area contributed by atoms with Gasteiger partial charge in [-0.25, -0.2) is 9.59 Å². The largest absolute Gasteiger partial charge is 0.496 e. The van der Waals surface area contributed by atoms with Gasteiger partial charge in [0.05, 0.1) is 25.3 Å². The summed E-state index contributed by atoms with van der Waals surface area (Å²) in [4.78, 5) is 21.4. The van der Waals surface area contributed by atoms with Gasteiger partial charge < -0.3 is 25.4 Å².